The van der Waals surface area contributed by atoms with E-state index in [9.17, 15) is 9.59 Å². The molecule has 4 N–H and O–H groups in total. The van der Waals surface area contributed by atoms with Gasteiger partial charge in [0.25, 0.3) is 0 Å². The molecule has 0 aliphatic carbocycles. The lowest BCUT2D eigenvalue weighted by Gasteiger charge is -2.28. The highest BCUT2D eigenvalue weighted by Gasteiger charge is 2.30. The maximum absolute atomic E-state index is 11.3. The second kappa shape index (κ2) is 4.39. The van der Waals surface area contributed by atoms with Crippen LogP contribution in [0.25, 0.3) is 0 Å². The average molecular weight is 202 g/mol. The van der Waals surface area contributed by atoms with Crippen LogP contribution in [0.4, 0.5) is 0 Å². The second-order valence-electron chi connectivity index (χ2n) is 3.42. The molecule has 1 aliphatic rings. The standard InChI is InChI=1S/C8H14N2O4/c1-4(11)6(8(13)14)10-7(12)5-2-9-3-5/h4-6,9,11H,2-3H2,1H3,(H,10,12)(H,13,14)/t4-,6+/m1/s1. The minimum atomic E-state index is -1.22. The van der Waals surface area contributed by atoms with E-state index in [1.54, 1.807) is 0 Å². The summed E-state index contributed by atoms with van der Waals surface area (Å²) < 4.78 is 0. The van der Waals surface area contributed by atoms with E-state index in [2.05, 4.69) is 10.6 Å². The molecule has 0 spiro atoms. The zero-order valence-corrected chi connectivity index (χ0v) is 7.86. The normalized spacial score (nSPS) is 20.7. The van der Waals surface area contributed by atoms with Crippen molar-refractivity contribution in [3.63, 3.8) is 0 Å². The first-order valence-electron chi connectivity index (χ1n) is 4.44. The van der Waals surface area contributed by atoms with Crippen LogP contribution in [0.1, 0.15) is 6.92 Å². The molecule has 6 nitrogen and oxygen atoms in total. The van der Waals surface area contributed by atoms with Crippen molar-refractivity contribution in [3.05, 3.63) is 0 Å². The number of amides is 1. The molecular weight excluding hydrogens is 188 g/mol. The molecule has 1 aliphatic heterocycles. The highest BCUT2D eigenvalue weighted by atomic mass is 16.4. The van der Waals surface area contributed by atoms with Gasteiger partial charge in [-0.2, -0.15) is 0 Å². The third-order valence-electron chi connectivity index (χ3n) is 2.20. The molecule has 0 aromatic heterocycles. The number of carbonyl (C=O) groups excluding carboxylic acids is 1. The molecule has 2 atom stereocenters. The molecule has 0 aromatic carbocycles. The van der Waals surface area contributed by atoms with Crippen LogP contribution >= 0.6 is 0 Å². The van der Waals surface area contributed by atoms with E-state index in [1.807, 2.05) is 0 Å². The summed E-state index contributed by atoms with van der Waals surface area (Å²) in [7, 11) is 0. The van der Waals surface area contributed by atoms with Crippen LogP contribution in [0.5, 0.6) is 0 Å². The number of hydrogen-bond acceptors (Lipinski definition) is 4. The number of aliphatic hydroxyl groups excluding tert-OH is 1. The van der Waals surface area contributed by atoms with Gasteiger partial charge in [-0.05, 0) is 6.92 Å². The van der Waals surface area contributed by atoms with E-state index in [0.717, 1.165) is 0 Å². The van der Waals surface area contributed by atoms with Crippen LogP contribution in [0.3, 0.4) is 0 Å². The fourth-order valence-electron chi connectivity index (χ4n) is 1.13. The molecule has 0 saturated carbocycles. The highest BCUT2D eigenvalue weighted by molar-refractivity contribution is 5.86. The van der Waals surface area contributed by atoms with Gasteiger partial charge in [0.15, 0.2) is 6.04 Å². The summed E-state index contributed by atoms with van der Waals surface area (Å²) in [6, 6.07) is -1.22. The summed E-state index contributed by atoms with van der Waals surface area (Å²) in [4.78, 5) is 21.9. The molecule has 14 heavy (non-hydrogen) atoms. The molecule has 1 rings (SSSR count). The van der Waals surface area contributed by atoms with Gasteiger partial charge in [0, 0.05) is 13.1 Å². The number of carbonyl (C=O) groups is 2. The van der Waals surface area contributed by atoms with Crippen LogP contribution in [0, 0.1) is 5.92 Å². The number of carboxylic acid groups (broad SMARTS) is 1. The van der Waals surface area contributed by atoms with Gasteiger partial charge >= 0.3 is 5.97 Å². The maximum Gasteiger partial charge on any atom is 0.328 e. The monoisotopic (exact) mass is 202 g/mol. The Morgan fingerprint density at radius 1 is 1.50 bits per heavy atom. The van der Waals surface area contributed by atoms with Crippen molar-refractivity contribution >= 4 is 11.9 Å². The second-order valence-corrected chi connectivity index (χ2v) is 3.42. The number of rotatable bonds is 4. The Kier molecular flexibility index (Phi) is 3.43. The van der Waals surface area contributed by atoms with Gasteiger partial charge in [0.2, 0.25) is 5.91 Å². The van der Waals surface area contributed by atoms with Crippen molar-refractivity contribution in [1.29, 1.82) is 0 Å². The first-order valence-corrected chi connectivity index (χ1v) is 4.44. The summed E-state index contributed by atoms with van der Waals surface area (Å²) in [5.74, 6) is -1.71. The van der Waals surface area contributed by atoms with E-state index in [1.165, 1.54) is 6.92 Å². The number of carboxylic acids is 1. The Balaban J connectivity index is 2.46. The lowest BCUT2D eigenvalue weighted by Crippen LogP contribution is -2.56. The Bertz CT molecular complexity index is 237. The topological polar surface area (TPSA) is 98.7 Å². The molecule has 0 aromatic rings. The average Bonchev–Trinajstić information content (AvgIpc) is 1.95. The van der Waals surface area contributed by atoms with Crippen molar-refractivity contribution in [2.24, 2.45) is 5.92 Å². The van der Waals surface area contributed by atoms with Gasteiger partial charge in [-0.15, -0.1) is 0 Å². The fourth-order valence-corrected chi connectivity index (χ4v) is 1.13. The van der Waals surface area contributed by atoms with E-state index < -0.39 is 18.1 Å². The van der Waals surface area contributed by atoms with Crippen molar-refractivity contribution < 1.29 is 19.8 Å². The Morgan fingerprint density at radius 3 is 2.36 bits per heavy atom. The molecule has 0 unspecified atom stereocenters. The zero-order chi connectivity index (χ0) is 10.7. The highest BCUT2D eigenvalue weighted by Crippen LogP contribution is 2.04. The zero-order valence-electron chi connectivity index (χ0n) is 7.86. The van der Waals surface area contributed by atoms with Crippen LogP contribution in [0.2, 0.25) is 0 Å². The van der Waals surface area contributed by atoms with E-state index >= 15 is 0 Å². The minimum Gasteiger partial charge on any atom is -0.480 e. The Labute approximate surface area is 81.3 Å². The molecular formula is C8H14N2O4. The minimum absolute atomic E-state index is 0.171. The first kappa shape index (κ1) is 10.9. The third kappa shape index (κ3) is 2.43. The van der Waals surface area contributed by atoms with Gasteiger partial charge in [-0.25, -0.2) is 4.79 Å². The summed E-state index contributed by atoms with van der Waals surface area (Å²) >= 11 is 0. The predicted molar refractivity (Wildman–Crippen MR) is 47.6 cm³/mol. The van der Waals surface area contributed by atoms with Gasteiger partial charge in [-0.1, -0.05) is 0 Å². The van der Waals surface area contributed by atoms with Crippen molar-refractivity contribution in [2.75, 3.05) is 13.1 Å². The summed E-state index contributed by atoms with van der Waals surface area (Å²) in [6.45, 7) is 2.47. The van der Waals surface area contributed by atoms with Gasteiger partial charge in [0.1, 0.15) is 0 Å². The van der Waals surface area contributed by atoms with Crippen molar-refractivity contribution in [3.8, 4) is 0 Å². The predicted octanol–water partition coefficient (Wildman–Crippen LogP) is -1.84. The molecule has 1 heterocycles. The molecule has 6 heteroatoms. The quantitative estimate of drug-likeness (QED) is 0.429. The number of hydrogen-bond donors (Lipinski definition) is 4. The summed E-state index contributed by atoms with van der Waals surface area (Å²) in [5, 5.41) is 23.0. The number of aliphatic carboxylic acids is 1. The molecule has 1 amide bonds. The fraction of sp³-hybridized carbons (Fsp3) is 0.750. The van der Waals surface area contributed by atoms with Gasteiger partial charge in [0.05, 0.1) is 12.0 Å². The number of aliphatic hydroxyl groups is 1. The van der Waals surface area contributed by atoms with Crippen LogP contribution in [0.15, 0.2) is 0 Å². The summed E-state index contributed by atoms with van der Waals surface area (Å²) in [6.07, 6.45) is -1.09. The van der Waals surface area contributed by atoms with Crippen molar-refractivity contribution in [2.45, 2.75) is 19.1 Å². The Hall–Kier alpha value is -1.14. The Morgan fingerprint density at radius 2 is 2.07 bits per heavy atom. The molecule has 0 bridgehead atoms. The molecule has 80 valence electrons. The van der Waals surface area contributed by atoms with Crippen LogP contribution < -0.4 is 10.6 Å². The maximum atomic E-state index is 11.3. The molecule has 1 saturated heterocycles. The molecule has 0 radical (unpaired) electrons. The third-order valence-corrected chi connectivity index (χ3v) is 2.20. The lowest BCUT2D eigenvalue weighted by molar-refractivity contribution is -0.145. The van der Waals surface area contributed by atoms with E-state index in [-0.39, 0.29) is 11.8 Å². The van der Waals surface area contributed by atoms with Crippen LogP contribution in [-0.2, 0) is 9.59 Å². The first-order chi connectivity index (χ1) is 6.52. The largest absolute Gasteiger partial charge is 0.480 e. The van der Waals surface area contributed by atoms with Gasteiger partial charge < -0.3 is 20.8 Å². The number of nitrogens with one attached hydrogen (secondary N) is 2. The van der Waals surface area contributed by atoms with E-state index in [0.29, 0.717) is 13.1 Å². The SMILES string of the molecule is C[C@@H](O)[C@H](NC(=O)C1CNC1)C(=O)O. The van der Waals surface area contributed by atoms with Gasteiger partial charge in [-0.3, -0.25) is 4.79 Å². The van der Waals surface area contributed by atoms with Crippen molar-refractivity contribution in [1.82, 2.24) is 10.6 Å². The lowest BCUT2D eigenvalue weighted by atomic mass is 10.0. The van der Waals surface area contributed by atoms with E-state index in [4.69, 9.17) is 10.2 Å². The summed E-state index contributed by atoms with van der Waals surface area (Å²) in [5.41, 5.74) is 0. The molecule has 1 fully saturated rings. The smallest absolute Gasteiger partial charge is 0.328 e. The van der Waals surface area contributed by atoms with Crippen LogP contribution in [-0.4, -0.2) is 47.3 Å².